The van der Waals surface area contributed by atoms with Gasteiger partial charge >= 0.3 is 0 Å². The van der Waals surface area contributed by atoms with E-state index in [0.717, 1.165) is 36.8 Å². The van der Waals surface area contributed by atoms with Crippen molar-refractivity contribution in [2.24, 2.45) is 5.92 Å². The van der Waals surface area contributed by atoms with Gasteiger partial charge in [0.15, 0.2) is 0 Å². The molecule has 0 amide bonds. The molecule has 2 rings (SSSR count). The van der Waals surface area contributed by atoms with Gasteiger partial charge in [-0.05, 0) is 75.4 Å². The monoisotopic (exact) mass is 290 g/mol. The normalized spacial score (nSPS) is 17.0. The van der Waals surface area contributed by atoms with Crippen LogP contribution >= 0.6 is 0 Å². The molecule has 0 bridgehead atoms. The van der Waals surface area contributed by atoms with Gasteiger partial charge in [-0.25, -0.2) is 0 Å². The highest BCUT2D eigenvalue weighted by Crippen LogP contribution is 2.23. The molecule has 0 saturated carbocycles. The minimum atomic E-state index is 0.733. The van der Waals surface area contributed by atoms with Crippen molar-refractivity contribution in [2.45, 2.75) is 46.0 Å². The Labute approximate surface area is 129 Å². The minimum absolute atomic E-state index is 0.733. The van der Waals surface area contributed by atoms with Crippen LogP contribution < -0.4 is 10.5 Å². The molecule has 0 radical (unpaired) electrons. The summed E-state index contributed by atoms with van der Waals surface area (Å²) in [5.41, 5.74) is 8.15. The van der Waals surface area contributed by atoms with E-state index in [2.05, 4.69) is 30.9 Å². The van der Waals surface area contributed by atoms with Gasteiger partial charge in [0.05, 0.1) is 12.3 Å². The summed E-state index contributed by atoms with van der Waals surface area (Å²) in [6.07, 6.45) is 6.04. The molecule has 1 saturated heterocycles. The molecule has 0 aliphatic carbocycles. The first-order valence-electron chi connectivity index (χ1n) is 8.42. The van der Waals surface area contributed by atoms with Crippen LogP contribution in [0.5, 0.6) is 5.75 Å². The number of hydrogen-bond acceptors (Lipinski definition) is 3. The van der Waals surface area contributed by atoms with Crippen LogP contribution in [0.2, 0.25) is 0 Å². The van der Waals surface area contributed by atoms with E-state index >= 15 is 0 Å². The van der Waals surface area contributed by atoms with Crippen molar-refractivity contribution in [3.63, 3.8) is 0 Å². The zero-order valence-corrected chi connectivity index (χ0v) is 13.6. The summed E-state index contributed by atoms with van der Waals surface area (Å²) in [5.74, 6) is 1.74. The molecular weight excluding hydrogens is 260 g/mol. The van der Waals surface area contributed by atoms with Crippen LogP contribution in [0, 0.1) is 5.92 Å². The highest BCUT2D eigenvalue weighted by molar-refractivity contribution is 5.54. The Hall–Kier alpha value is -1.22. The average Bonchev–Trinajstić information content (AvgIpc) is 2.48. The van der Waals surface area contributed by atoms with Gasteiger partial charge < -0.3 is 15.4 Å². The average molecular weight is 290 g/mol. The van der Waals surface area contributed by atoms with Gasteiger partial charge in [0.25, 0.3) is 0 Å². The van der Waals surface area contributed by atoms with Gasteiger partial charge in [-0.15, -0.1) is 0 Å². The third-order valence-corrected chi connectivity index (χ3v) is 4.35. The molecule has 3 nitrogen and oxygen atoms in total. The summed E-state index contributed by atoms with van der Waals surface area (Å²) < 4.78 is 5.62. The topological polar surface area (TPSA) is 38.5 Å². The van der Waals surface area contributed by atoms with Gasteiger partial charge in [-0.2, -0.15) is 0 Å². The fourth-order valence-electron chi connectivity index (χ4n) is 2.89. The summed E-state index contributed by atoms with van der Waals surface area (Å²) in [5, 5.41) is 0. The van der Waals surface area contributed by atoms with E-state index in [-0.39, 0.29) is 0 Å². The molecule has 0 unspecified atom stereocenters. The van der Waals surface area contributed by atoms with Crippen LogP contribution in [0.15, 0.2) is 18.2 Å². The minimum Gasteiger partial charge on any atom is -0.491 e. The number of nitrogens with zero attached hydrogens (tertiary/aromatic N) is 1. The van der Waals surface area contributed by atoms with E-state index in [0.29, 0.717) is 0 Å². The van der Waals surface area contributed by atoms with Crippen molar-refractivity contribution >= 4 is 5.69 Å². The van der Waals surface area contributed by atoms with E-state index in [1.807, 2.05) is 6.07 Å². The number of piperidine rings is 1. The molecule has 2 N–H and O–H groups in total. The van der Waals surface area contributed by atoms with Crippen molar-refractivity contribution in [2.75, 3.05) is 32.0 Å². The lowest BCUT2D eigenvalue weighted by molar-refractivity contribution is 0.191. The highest BCUT2D eigenvalue weighted by atomic mass is 16.5. The SMILES string of the molecule is CCCOc1ccc(CCCN2CCC(C)CC2)cc1N. The molecule has 1 aromatic carbocycles. The molecule has 1 heterocycles. The molecular formula is C18H30N2O. The van der Waals surface area contributed by atoms with Crippen LogP contribution in [0.4, 0.5) is 5.69 Å². The maximum absolute atomic E-state index is 6.06. The zero-order valence-electron chi connectivity index (χ0n) is 13.6. The Kier molecular flexibility index (Phi) is 6.37. The number of anilines is 1. The second-order valence-corrected chi connectivity index (χ2v) is 6.35. The van der Waals surface area contributed by atoms with Gasteiger partial charge in [0.2, 0.25) is 0 Å². The molecule has 1 fully saturated rings. The van der Waals surface area contributed by atoms with Gasteiger partial charge in [-0.1, -0.05) is 19.9 Å². The van der Waals surface area contributed by atoms with E-state index in [4.69, 9.17) is 10.5 Å². The highest BCUT2D eigenvalue weighted by Gasteiger charge is 2.14. The van der Waals surface area contributed by atoms with Crippen LogP contribution in [-0.2, 0) is 6.42 Å². The number of aryl methyl sites for hydroxylation is 1. The lowest BCUT2D eigenvalue weighted by Gasteiger charge is -2.30. The number of rotatable bonds is 7. The number of hydrogen-bond donors (Lipinski definition) is 1. The molecule has 0 aromatic heterocycles. The number of nitrogen functional groups attached to an aromatic ring is 1. The fourth-order valence-corrected chi connectivity index (χ4v) is 2.89. The first-order chi connectivity index (χ1) is 10.2. The summed E-state index contributed by atoms with van der Waals surface area (Å²) >= 11 is 0. The third kappa shape index (κ3) is 5.24. The second-order valence-electron chi connectivity index (χ2n) is 6.35. The molecule has 1 aliphatic heterocycles. The van der Waals surface area contributed by atoms with Crippen LogP contribution in [-0.4, -0.2) is 31.1 Å². The van der Waals surface area contributed by atoms with Crippen LogP contribution in [0.3, 0.4) is 0 Å². The Morgan fingerprint density at radius 3 is 2.71 bits per heavy atom. The fraction of sp³-hybridized carbons (Fsp3) is 0.667. The van der Waals surface area contributed by atoms with Crippen molar-refractivity contribution in [3.8, 4) is 5.75 Å². The molecule has 1 aliphatic rings. The van der Waals surface area contributed by atoms with E-state index in [9.17, 15) is 0 Å². The lowest BCUT2D eigenvalue weighted by Crippen LogP contribution is -2.33. The smallest absolute Gasteiger partial charge is 0.142 e. The van der Waals surface area contributed by atoms with Crippen molar-refractivity contribution in [1.82, 2.24) is 4.90 Å². The van der Waals surface area contributed by atoms with Crippen LogP contribution in [0.1, 0.15) is 45.1 Å². The molecule has 0 spiro atoms. The second kappa shape index (κ2) is 8.28. The first kappa shape index (κ1) is 16.2. The molecule has 0 atom stereocenters. The summed E-state index contributed by atoms with van der Waals surface area (Å²) in [7, 11) is 0. The quantitative estimate of drug-likeness (QED) is 0.778. The number of ether oxygens (including phenoxy) is 1. The predicted molar refractivity (Wildman–Crippen MR) is 89.8 cm³/mol. The summed E-state index contributed by atoms with van der Waals surface area (Å²) in [4.78, 5) is 2.60. The van der Waals surface area contributed by atoms with Crippen molar-refractivity contribution < 1.29 is 4.74 Å². The van der Waals surface area contributed by atoms with E-state index in [1.165, 1.54) is 44.5 Å². The van der Waals surface area contributed by atoms with Crippen LogP contribution in [0.25, 0.3) is 0 Å². The maximum atomic E-state index is 6.06. The molecule has 118 valence electrons. The number of nitrogens with two attached hydrogens (primary N) is 1. The maximum Gasteiger partial charge on any atom is 0.142 e. The summed E-state index contributed by atoms with van der Waals surface area (Å²) in [6, 6.07) is 6.24. The first-order valence-corrected chi connectivity index (χ1v) is 8.42. The Morgan fingerprint density at radius 1 is 1.29 bits per heavy atom. The Bertz CT molecular complexity index is 425. The van der Waals surface area contributed by atoms with Crippen molar-refractivity contribution in [3.05, 3.63) is 23.8 Å². The molecule has 1 aromatic rings. The Balaban J connectivity index is 1.74. The van der Waals surface area contributed by atoms with E-state index < -0.39 is 0 Å². The number of likely N-dealkylation sites (tertiary alicyclic amines) is 1. The van der Waals surface area contributed by atoms with Crippen molar-refractivity contribution in [1.29, 1.82) is 0 Å². The summed E-state index contributed by atoms with van der Waals surface area (Å²) in [6.45, 7) is 8.95. The van der Waals surface area contributed by atoms with Gasteiger partial charge in [0.1, 0.15) is 5.75 Å². The standard InChI is InChI=1S/C18H30N2O/c1-3-13-21-18-7-6-16(14-17(18)19)5-4-10-20-11-8-15(2)9-12-20/h6-7,14-15H,3-5,8-13,19H2,1-2H3. The zero-order chi connectivity index (χ0) is 15.1. The lowest BCUT2D eigenvalue weighted by atomic mass is 9.99. The molecule has 21 heavy (non-hydrogen) atoms. The van der Waals surface area contributed by atoms with Gasteiger partial charge in [0, 0.05) is 0 Å². The largest absolute Gasteiger partial charge is 0.491 e. The molecule has 3 heteroatoms. The number of benzene rings is 1. The predicted octanol–water partition coefficient (Wildman–Crippen LogP) is 3.72. The van der Waals surface area contributed by atoms with Gasteiger partial charge in [-0.3, -0.25) is 0 Å². The van der Waals surface area contributed by atoms with E-state index in [1.54, 1.807) is 0 Å². The third-order valence-electron chi connectivity index (χ3n) is 4.35. The Morgan fingerprint density at radius 2 is 2.05 bits per heavy atom.